The molecule has 0 aliphatic carbocycles. The van der Waals surface area contributed by atoms with Crippen molar-refractivity contribution in [2.24, 2.45) is 11.8 Å². The number of alkyl halides is 3. The van der Waals surface area contributed by atoms with Crippen LogP contribution in [0.25, 0.3) is 0 Å². The molecule has 1 aromatic carbocycles. The van der Waals surface area contributed by atoms with E-state index in [1.165, 1.54) is 19.9 Å². The molecule has 3 rings (SSSR count). The first-order valence-corrected chi connectivity index (χ1v) is 8.37. The van der Waals surface area contributed by atoms with Gasteiger partial charge in [0.15, 0.2) is 0 Å². The van der Waals surface area contributed by atoms with Gasteiger partial charge in [0.05, 0.1) is 34.8 Å². The number of nitrogens with one attached hydrogen (secondary N) is 1. The number of carboxylic acid groups (broad SMARTS) is 1. The molecule has 2 aliphatic rings. The summed E-state index contributed by atoms with van der Waals surface area (Å²) < 4.78 is 45.0. The third kappa shape index (κ3) is 2.91. The molecule has 0 spiro atoms. The van der Waals surface area contributed by atoms with Crippen molar-refractivity contribution >= 4 is 17.6 Å². The number of nitriles is 1. The zero-order valence-corrected chi connectivity index (χ0v) is 14.9. The number of hydrogen-bond acceptors (Lipinski definition) is 5. The summed E-state index contributed by atoms with van der Waals surface area (Å²) in [4.78, 5) is 24.6. The standard InChI is InChI=1S/C18H17F3N2O5/c1-16-6-11(24)17(2,28-16)13(15(26)27)12(16)14(25)23-9-4-3-8(7-22)10(5-9)18(19,20)21/h3-5,11-13,24H,6H2,1-2H3,(H,23,25)(H,26,27)/t11-,12+,13-,16?,17?/m0/s1. The Balaban J connectivity index is 1.94. The van der Waals surface area contributed by atoms with Crippen LogP contribution in [-0.4, -0.2) is 39.4 Å². The van der Waals surface area contributed by atoms with Crippen molar-refractivity contribution in [2.45, 2.75) is 43.8 Å². The highest BCUT2D eigenvalue weighted by atomic mass is 19.4. The molecule has 5 atom stereocenters. The van der Waals surface area contributed by atoms with Crippen LogP contribution >= 0.6 is 0 Å². The largest absolute Gasteiger partial charge is 0.481 e. The number of ether oxygens (including phenoxy) is 1. The average molecular weight is 398 g/mol. The minimum Gasteiger partial charge on any atom is -0.481 e. The number of anilines is 1. The Morgan fingerprint density at radius 1 is 1.32 bits per heavy atom. The fraction of sp³-hybridized carbons (Fsp3) is 0.500. The maximum Gasteiger partial charge on any atom is 0.417 e. The third-order valence-corrected chi connectivity index (χ3v) is 5.58. The Labute approximate surface area is 157 Å². The summed E-state index contributed by atoms with van der Waals surface area (Å²) in [7, 11) is 0. The summed E-state index contributed by atoms with van der Waals surface area (Å²) in [6.45, 7) is 2.90. The van der Waals surface area contributed by atoms with Crippen molar-refractivity contribution in [2.75, 3.05) is 5.32 Å². The van der Waals surface area contributed by atoms with Crippen LogP contribution in [0.15, 0.2) is 18.2 Å². The number of aliphatic hydroxyl groups is 1. The fourth-order valence-electron chi connectivity index (χ4n) is 4.33. The number of halogens is 3. The summed E-state index contributed by atoms with van der Waals surface area (Å²) in [6.07, 6.45) is -5.87. The number of nitrogens with zero attached hydrogens (tertiary/aromatic N) is 1. The Morgan fingerprint density at radius 3 is 2.50 bits per heavy atom. The van der Waals surface area contributed by atoms with Gasteiger partial charge in [-0.05, 0) is 32.0 Å². The molecule has 7 nitrogen and oxygen atoms in total. The van der Waals surface area contributed by atoms with E-state index in [9.17, 15) is 33.0 Å². The first kappa shape index (κ1) is 20.1. The zero-order chi connectivity index (χ0) is 21.1. The maximum atomic E-state index is 13.1. The summed E-state index contributed by atoms with van der Waals surface area (Å²) in [5, 5.41) is 30.9. The minimum absolute atomic E-state index is 0.0204. The average Bonchev–Trinajstić information content (AvgIpc) is 2.95. The quantitative estimate of drug-likeness (QED) is 0.718. The molecule has 2 heterocycles. The van der Waals surface area contributed by atoms with Crippen LogP contribution in [-0.2, 0) is 20.5 Å². The van der Waals surface area contributed by atoms with Crippen LogP contribution in [0.5, 0.6) is 0 Å². The predicted octanol–water partition coefficient (Wildman–Crippen LogP) is 2.14. The van der Waals surface area contributed by atoms with Crippen molar-refractivity contribution in [1.29, 1.82) is 5.26 Å². The third-order valence-electron chi connectivity index (χ3n) is 5.58. The number of amides is 1. The van der Waals surface area contributed by atoms with E-state index >= 15 is 0 Å². The molecular weight excluding hydrogens is 381 g/mol. The summed E-state index contributed by atoms with van der Waals surface area (Å²) in [5.41, 5.74) is -4.79. The van der Waals surface area contributed by atoms with Gasteiger partial charge in [-0.2, -0.15) is 18.4 Å². The molecule has 3 N–H and O–H groups in total. The molecule has 1 aromatic rings. The number of aliphatic carboxylic acids is 1. The van der Waals surface area contributed by atoms with Gasteiger partial charge >= 0.3 is 12.1 Å². The van der Waals surface area contributed by atoms with Crippen molar-refractivity contribution in [1.82, 2.24) is 0 Å². The molecule has 0 aromatic heterocycles. The fourth-order valence-corrected chi connectivity index (χ4v) is 4.33. The monoisotopic (exact) mass is 398 g/mol. The molecule has 2 saturated heterocycles. The second-order valence-electron chi connectivity index (χ2n) is 7.47. The Bertz CT molecular complexity index is 896. The van der Waals surface area contributed by atoms with E-state index in [-0.39, 0.29) is 12.1 Å². The van der Waals surface area contributed by atoms with Gasteiger partial charge in [-0.1, -0.05) is 0 Å². The number of hydrogen-bond donors (Lipinski definition) is 3. The Kier molecular flexibility index (Phi) is 4.44. The lowest BCUT2D eigenvalue weighted by atomic mass is 9.66. The molecule has 2 aliphatic heterocycles. The predicted molar refractivity (Wildman–Crippen MR) is 87.9 cm³/mol. The van der Waals surface area contributed by atoms with Gasteiger partial charge in [0.25, 0.3) is 0 Å². The molecular formula is C18H17F3N2O5. The van der Waals surface area contributed by atoms with Crippen LogP contribution in [0.1, 0.15) is 31.4 Å². The van der Waals surface area contributed by atoms with Crippen molar-refractivity contribution in [3.63, 3.8) is 0 Å². The summed E-state index contributed by atoms with van der Waals surface area (Å²) in [5.74, 6) is -4.77. The molecule has 10 heteroatoms. The van der Waals surface area contributed by atoms with Crippen LogP contribution in [0.4, 0.5) is 18.9 Å². The lowest BCUT2D eigenvalue weighted by molar-refractivity contribution is -0.154. The van der Waals surface area contributed by atoms with E-state index in [1.54, 1.807) is 0 Å². The highest BCUT2D eigenvalue weighted by molar-refractivity contribution is 5.97. The second kappa shape index (κ2) is 6.18. The van der Waals surface area contributed by atoms with Crippen molar-refractivity contribution in [3.05, 3.63) is 29.3 Å². The van der Waals surface area contributed by atoms with E-state index in [2.05, 4.69) is 5.32 Å². The van der Waals surface area contributed by atoms with Gasteiger partial charge in [0.1, 0.15) is 11.5 Å². The lowest BCUT2D eigenvalue weighted by Crippen LogP contribution is -2.54. The van der Waals surface area contributed by atoms with E-state index < -0.39 is 58.3 Å². The van der Waals surface area contributed by atoms with Crippen LogP contribution in [0, 0.1) is 23.2 Å². The van der Waals surface area contributed by atoms with Crippen molar-refractivity contribution in [3.8, 4) is 6.07 Å². The zero-order valence-electron chi connectivity index (χ0n) is 14.9. The molecule has 2 fully saturated rings. The van der Waals surface area contributed by atoms with Gasteiger partial charge in [0.2, 0.25) is 5.91 Å². The molecule has 1 amide bonds. The highest BCUT2D eigenvalue weighted by Gasteiger charge is 2.71. The Hall–Kier alpha value is -2.64. The van der Waals surface area contributed by atoms with Crippen molar-refractivity contribution < 1.29 is 37.7 Å². The molecule has 2 bridgehead atoms. The van der Waals surface area contributed by atoms with Gasteiger partial charge in [0, 0.05) is 12.1 Å². The molecule has 0 saturated carbocycles. The second-order valence-corrected chi connectivity index (χ2v) is 7.47. The number of benzene rings is 1. The van der Waals surface area contributed by atoms with Crippen LogP contribution in [0.3, 0.4) is 0 Å². The first-order chi connectivity index (χ1) is 12.8. The number of carbonyl (C=O) groups is 2. The molecule has 0 radical (unpaired) electrons. The molecule has 2 unspecified atom stereocenters. The number of fused-ring (bicyclic) bond motifs is 2. The number of aliphatic hydroxyl groups excluding tert-OH is 1. The number of carbonyl (C=O) groups excluding carboxylic acids is 1. The van der Waals surface area contributed by atoms with E-state index in [0.717, 1.165) is 12.1 Å². The topological polar surface area (TPSA) is 120 Å². The van der Waals surface area contributed by atoms with E-state index in [4.69, 9.17) is 10.00 Å². The lowest BCUT2D eigenvalue weighted by Gasteiger charge is -2.35. The van der Waals surface area contributed by atoms with Gasteiger partial charge in [-0.15, -0.1) is 0 Å². The first-order valence-electron chi connectivity index (χ1n) is 8.37. The van der Waals surface area contributed by atoms with Crippen LogP contribution < -0.4 is 5.32 Å². The smallest absolute Gasteiger partial charge is 0.417 e. The normalized spacial score (nSPS) is 34.1. The van der Waals surface area contributed by atoms with Gasteiger partial charge in [-0.25, -0.2) is 0 Å². The minimum atomic E-state index is -4.80. The SMILES string of the molecule is CC12C[C@H](O)C(C)(O1)[C@H](C(=O)O)[C@@H]2C(=O)Nc1ccc(C#N)c(C(F)(F)F)c1. The number of carboxylic acids is 1. The highest BCUT2D eigenvalue weighted by Crippen LogP contribution is 2.57. The van der Waals surface area contributed by atoms with E-state index in [1.807, 2.05) is 0 Å². The number of rotatable bonds is 3. The van der Waals surface area contributed by atoms with Gasteiger partial charge < -0.3 is 20.3 Å². The summed E-state index contributed by atoms with van der Waals surface area (Å²) >= 11 is 0. The van der Waals surface area contributed by atoms with Gasteiger partial charge in [-0.3, -0.25) is 9.59 Å². The molecule has 28 heavy (non-hydrogen) atoms. The Morgan fingerprint density at radius 2 is 1.96 bits per heavy atom. The molecule has 150 valence electrons. The maximum absolute atomic E-state index is 13.1. The van der Waals surface area contributed by atoms with E-state index in [0.29, 0.717) is 6.07 Å². The summed E-state index contributed by atoms with van der Waals surface area (Å²) in [6, 6.07) is 4.12. The van der Waals surface area contributed by atoms with Crippen LogP contribution in [0.2, 0.25) is 0 Å².